The van der Waals surface area contributed by atoms with Crippen molar-refractivity contribution in [2.75, 3.05) is 13.2 Å². The lowest BCUT2D eigenvalue weighted by Gasteiger charge is -2.02. The number of hydrogen-bond acceptors (Lipinski definition) is 4. The molecule has 0 rings (SSSR count). The molecule has 0 fully saturated rings. The van der Waals surface area contributed by atoms with Gasteiger partial charge in [-0.3, -0.25) is 4.79 Å². The zero-order valence-electron chi connectivity index (χ0n) is 6.58. The molecule has 0 bridgehead atoms. The summed E-state index contributed by atoms with van der Waals surface area (Å²) in [5.74, 6) is -1.81. The Balaban J connectivity index is 3.77. The van der Waals surface area contributed by atoms with Crippen LogP contribution in [0.2, 0.25) is 0 Å². The molecule has 0 spiro atoms. The van der Waals surface area contributed by atoms with E-state index in [-0.39, 0.29) is 18.7 Å². The quantitative estimate of drug-likeness (QED) is 0.433. The SMILES string of the molecule is C=C(CC(=O)O)C(=O)OCCN. The molecule has 0 saturated carbocycles. The van der Waals surface area contributed by atoms with Crippen LogP contribution in [0.3, 0.4) is 0 Å². The van der Waals surface area contributed by atoms with Gasteiger partial charge in [0.05, 0.1) is 6.42 Å². The Morgan fingerprint density at radius 2 is 2.08 bits per heavy atom. The summed E-state index contributed by atoms with van der Waals surface area (Å²) in [7, 11) is 0. The number of nitrogens with two attached hydrogens (primary N) is 1. The average Bonchev–Trinajstić information content (AvgIpc) is 1.98. The van der Waals surface area contributed by atoms with Crippen molar-refractivity contribution in [2.24, 2.45) is 5.73 Å². The molecule has 0 unspecified atom stereocenters. The molecule has 0 aliphatic carbocycles. The third-order valence-corrected chi connectivity index (χ3v) is 1.00. The minimum absolute atomic E-state index is 0.0732. The summed E-state index contributed by atoms with van der Waals surface area (Å²) in [6.45, 7) is 3.55. The van der Waals surface area contributed by atoms with E-state index in [2.05, 4.69) is 11.3 Å². The number of esters is 1. The topological polar surface area (TPSA) is 89.6 Å². The number of carbonyl (C=O) groups is 2. The van der Waals surface area contributed by atoms with Gasteiger partial charge in [0.1, 0.15) is 6.61 Å². The molecule has 12 heavy (non-hydrogen) atoms. The molecule has 0 saturated heterocycles. The molecular formula is C7H11NO4. The highest BCUT2D eigenvalue weighted by molar-refractivity contribution is 5.92. The first-order chi connectivity index (χ1) is 5.57. The average molecular weight is 173 g/mol. The molecule has 0 aromatic carbocycles. The normalized spacial score (nSPS) is 9.08. The Kier molecular flexibility index (Phi) is 4.71. The Morgan fingerprint density at radius 3 is 2.50 bits per heavy atom. The number of carbonyl (C=O) groups excluding carboxylic acids is 1. The minimum atomic E-state index is -1.11. The van der Waals surface area contributed by atoms with Gasteiger partial charge in [-0.1, -0.05) is 6.58 Å². The first-order valence-corrected chi connectivity index (χ1v) is 3.34. The first kappa shape index (κ1) is 10.6. The number of carboxylic acids is 1. The van der Waals surface area contributed by atoms with Gasteiger partial charge in [-0.25, -0.2) is 4.79 Å². The molecule has 5 heteroatoms. The van der Waals surface area contributed by atoms with Crippen LogP contribution in [-0.4, -0.2) is 30.2 Å². The lowest BCUT2D eigenvalue weighted by atomic mass is 10.2. The van der Waals surface area contributed by atoms with Gasteiger partial charge in [0.25, 0.3) is 0 Å². The second-order valence-electron chi connectivity index (χ2n) is 2.10. The Bertz CT molecular complexity index is 200. The highest BCUT2D eigenvalue weighted by Gasteiger charge is 2.11. The molecule has 0 heterocycles. The van der Waals surface area contributed by atoms with Crippen LogP contribution in [0.4, 0.5) is 0 Å². The van der Waals surface area contributed by atoms with E-state index in [0.717, 1.165) is 0 Å². The fourth-order valence-electron chi connectivity index (χ4n) is 0.508. The number of rotatable bonds is 5. The molecule has 5 nitrogen and oxygen atoms in total. The summed E-state index contributed by atoms with van der Waals surface area (Å²) in [5, 5.41) is 8.26. The van der Waals surface area contributed by atoms with E-state index in [1.54, 1.807) is 0 Å². The molecule has 0 radical (unpaired) electrons. The van der Waals surface area contributed by atoms with E-state index in [4.69, 9.17) is 10.8 Å². The molecule has 68 valence electrons. The van der Waals surface area contributed by atoms with Crippen LogP contribution in [0.15, 0.2) is 12.2 Å². The van der Waals surface area contributed by atoms with Crippen molar-refractivity contribution in [3.63, 3.8) is 0 Å². The van der Waals surface area contributed by atoms with Gasteiger partial charge in [0, 0.05) is 12.1 Å². The van der Waals surface area contributed by atoms with E-state index in [1.807, 2.05) is 0 Å². The van der Waals surface area contributed by atoms with Crippen molar-refractivity contribution in [1.29, 1.82) is 0 Å². The Labute approximate surface area is 69.8 Å². The van der Waals surface area contributed by atoms with E-state index in [1.165, 1.54) is 0 Å². The van der Waals surface area contributed by atoms with Crippen molar-refractivity contribution in [2.45, 2.75) is 6.42 Å². The lowest BCUT2D eigenvalue weighted by molar-refractivity contribution is -0.142. The third kappa shape index (κ3) is 4.45. The number of carboxylic acid groups (broad SMARTS) is 1. The van der Waals surface area contributed by atoms with E-state index in [9.17, 15) is 9.59 Å². The van der Waals surface area contributed by atoms with Gasteiger partial charge in [0.2, 0.25) is 0 Å². The summed E-state index contributed by atoms with van der Waals surface area (Å²) in [6, 6.07) is 0. The predicted octanol–water partition coefficient (Wildman–Crippen LogP) is -0.481. The van der Waals surface area contributed by atoms with Gasteiger partial charge in [0.15, 0.2) is 0 Å². The summed E-state index contributed by atoms with van der Waals surface area (Å²) in [5.41, 5.74) is 4.98. The van der Waals surface area contributed by atoms with Crippen LogP contribution < -0.4 is 5.73 Å². The van der Waals surface area contributed by atoms with Crippen LogP contribution in [0, 0.1) is 0 Å². The van der Waals surface area contributed by atoms with Crippen LogP contribution in [0.1, 0.15) is 6.42 Å². The van der Waals surface area contributed by atoms with Gasteiger partial charge in [-0.2, -0.15) is 0 Å². The minimum Gasteiger partial charge on any atom is -0.481 e. The van der Waals surface area contributed by atoms with E-state index >= 15 is 0 Å². The summed E-state index contributed by atoms with van der Waals surface area (Å²) in [4.78, 5) is 20.9. The molecular weight excluding hydrogens is 162 g/mol. The highest BCUT2D eigenvalue weighted by Crippen LogP contribution is 2.00. The highest BCUT2D eigenvalue weighted by atomic mass is 16.5. The van der Waals surface area contributed by atoms with Crippen molar-refractivity contribution in [3.05, 3.63) is 12.2 Å². The van der Waals surface area contributed by atoms with Crippen LogP contribution in [-0.2, 0) is 14.3 Å². The van der Waals surface area contributed by atoms with Crippen LogP contribution in [0.5, 0.6) is 0 Å². The van der Waals surface area contributed by atoms with Gasteiger partial charge >= 0.3 is 11.9 Å². The molecule has 0 atom stereocenters. The molecule has 3 N–H and O–H groups in total. The Hall–Kier alpha value is -1.36. The molecule has 0 amide bonds. The zero-order chi connectivity index (χ0) is 9.56. The summed E-state index contributed by atoms with van der Waals surface area (Å²) < 4.78 is 4.53. The predicted molar refractivity (Wildman–Crippen MR) is 41.4 cm³/mol. The fourth-order valence-corrected chi connectivity index (χ4v) is 0.508. The van der Waals surface area contributed by atoms with Crippen molar-refractivity contribution >= 4 is 11.9 Å². The van der Waals surface area contributed by atoms with Crippen LogP contribution in [0.25, 0.3) is 0 Å². The van der Waals surface area contributed by atoms with Gasteiger partial charge in [-0.05, 0) is 0 Å². The van der Waals surface area contributed by atoms with E-state index < -0.39 is 18.4 Å². The molecule has 0 aromatic rings. The maximum absolute atomic E-state index is 10.8. The van der Waals surface area contributed by atoms with E-state index in [0.29, 0.717) is 0 Å². The van der Waals surface area contributed by atoms with Crippen molar-refractivity contribution < 1.29 is 19.4 Å². The number of ether oxygens (including phenoxy) is 1. The largest absolute Gasteiger partial charge is 0.481 e. The Morgan fingerprint density at radius 1 is 1.50 bits per heavy atom. The summed E-state index contributed by atoms with van der Waals surface area (Å²) >= 11 is 0. The zero-order valence-corrected chi connectivity index (χ0v) is 6.58. The first-order valence-electron chi connectivity index (χ1n) is 3.34. The molecule has 0 aliphatic heterocycles. The second kappa shape index (κ2) is 5.31. The fraction of sp³-hybridized carbons (Fsp3) is 0.429. The lowest BCUT2D eigenvalue weighted by Crippen LogP contribution is -2.16. The van der Waals surface area contributed by atoms with Crippen molar-refractivity contribution in [3.8, 4) is 0 Å². The van der Waals surface area contributed by atoms with Gasteiger partial charge in [-0.15, -0.1) is 0 Å². The molecule has 0 aromatic heterocycles. The monoisotopic (exact) mass is 173 g/mol. The standard InChI is InChI=1S/C7H11NO4/c1-5(4-6(9)10)7(11)12-3-2-8/h1-4,8H2,(H,9,10). The maximum atomic E-state index is 10.8. The summed E-state index contributed by atoms with van der Waals surface area (Å²) in [6.07, 6.45) is -0.399. The maximum Gasteiger partial charge on any atom is 0.334 e. The van der Waals surface area contributed by atoms with Crippen LogP contribution >= 0.6 is 0 Å². The van der Waals surface area contributed by atoms with Crippen molar-refractivity contribution in [1.82, 2.24) is 0 Å². The molecule has 0 aliphatic rings. The van der Waals surface area contributed by atoms with Gasteiger partial charge < -0.3 is 15.6 Å². The second-order valence-corrected chi connectivity index (χ2v) is 2.10. The third-order valence-electron chi connectivity index (χ3n) is 1.00. The number of hydrogen-bond donors (Lipinski definition) is 2. The smallest absolute Gasteiger partial charge is 0.334 e. The number of aliphatic carboxylic acids is 1.